The van der Waals surface area contributed by atoms with Crippen molar-refractivity contribution in [2.45, 2.75) is 25.8 Å². The molecule has 2 aromatic rings. The minimum Gasteiger partial charge on any atom is -0.455 e. The SMILES string of the molecule is CC1Cc2ccccc2N1C(=O)COC(=O)Cc1c(Cl)cccc1Cl. The molecule has 1 heterocycles. The van der Waals surface area contributed by atoms with Crippen LogP contribution in [0.3, 0.4) is 0 Å². The van der Waals surface area contributed by atoms with Crippen LogP contribution in [0.4, 0.5) is 5.69 Å². The van der Waals surface area contributed by atoms with E-state index in [0.29, 0.717) is 15.6 Å². The zero-order chi connectivity index (χ0) is 18.0. The van der Waals surface area contributed by atoms with Gasteiger partial charge in [-0.2, -0.15) is 0 Å². The van der Waals surface area contributed by atoms with E-state index < -0.39 is 5.97 Å². The highest BCUT2D eigenvalue weighted by Crippen LogP contribution is 2.31. The van der Waals surface area contributed by atoms with Crippen LogP contribution in [0.15, 0.2) is 42.5 Å². The van der Waals surface area contributed by atoms with Gasteiger partial charge >= 0.3 is 5.97 Å². The number of amides is 1. The molecule has 1 aliphatic heterocycles. The van der Waals surface area contributed by atoms with Crippen molar-refractivity contribution in [1.29, 1.82) is 0 Å². The molecule has 0 aromatic heterocycles. The van der Waals surface area contributed by atoms with Crippen LogP contribution in [0.2, 0.25) is 10.0 Å². The first kappa shape index (κ1) is 17.8. The topological polar surface area (TPSA) is 46.6 Å². The third kappa shape index (κ3) is 3.80. The van der Waals surface area contributed by atoms with Crippen molar-refractivity contribution < 1.29 is 14.3 Å². The number of benzene rings is 2. The molecular formula is C19H17Cl2NO3. The van der Waals surface area contributed by atoms with E-state index in [1.165, 1.54) is 0 Å². The average molecular weight is 378 g/mol. The first-order valence-corrected chi connectivity index (χ1v) is 8.71. The number of halogens is 2. The van der Waals surface area contributed by atoms with Gasteiger partial charge in [0.2, 0.25) is 0 Å². The van der Waals surface area contributed by atoms with Crippen LogP contribution in [0.25, 0.3) is 0 Å². The molecule has 1 atom stereocenters. The Labute approximate surface area is 156 Å². The van der Waals surface area contributed by atoms with E-state index >= 15 is 0 Å². The number of hydrogen-bond donors (Lipinski definition) is 0. The number of nitrogens with zero attached hydrogens (tertiary/aromatic N) is 1. The Kier molecular flexibility index (Phi) is 5.30. The van der Waals surface area contributed by atoms with Crippen molar-refractivity contribution in [3.8, 4) is 0 Å². The Bertz CT molecular complexity index is 802. The summed E-state index contributed by atoms with van der Waals surface area (Å²) < 4.78 is 5.15. The van der Waals surface area contributed by atoms with E-state index in [4.69, 9.17) is 27.9 Å². The minimum absolute atomic E-state index is 0.0432. The summed E-state index contributed by atoms with van der Waals surface area (Å²) in [6.07, 6.45) is 0.725. The summed E-state index contributed by atoms with van der Waals surface area (Å²) in [4.78, 5) is 26.2. The molecule has 0 bridgehead atoms. The van der Waals surface area contributed by atoms with Crippen molar-refractivity contribution in [2.24, 2.45) is 0 Å². The van der Waals surface area contributed by atoms with Gasteiger partial charge in [0.05, 0.1) is 6.42 Å². The number of anilines is 1. The molecule has 6 heteroatoms. The van der Waals surface area contributed by atoms with Gasteiger partial charge in [0.15, 0.2) is 6.61 Å². The van der Waals surface area contributed by atoms with Crippen LogP contribution >= 0.6 is 23.2 Å². The Morgan fingerprint density at radius 1 is 1.12 bits per heavy atom. The summed E-state index contributed by atoms with van der Waals surface area (Å²) in [5, 5.41) is 0.802. The summed E-state index contributed by atoms with van der Waals surface area (Å²) in [7, 11) is 0. The number of ether oxygens (including phenoxy) is 1. The van der Waals surface area contributed by atoms with Crippen LogP contribution in [0.1, 0.15) is 18.1 Å². The fraction of sp³-hybridized carbons (Fsp3) is 0.263. The number of carbonyl (C=O) groups excluding carboxylic acids is 2. The van der Waals surface area contributed by atoms with Crippen molar-refractivity contribution in [3.05, 3.63) is 63.6 Å². The van der Waals surface area contributed by atoms with Crippen molar-refractivity contribution in [3.63, 3.8) is 0 Å². The molecule has 0 saturated heterocycles. The number of esters is 1. The number of hydrogen-bond acceptors (Lipinski definition) is 3. The molecule has 25 heavy (non-hydrogen) atoms. The molecule has 1 amide bonds. The molecule has 1 aliphatic rings. The number of carbonyl (C=O) groups is 2. The van der Waals surface area contributed by atoms with Gasteiger partial charge in [-0.15, -0.1) is 0 Å². The van der Waals surface area contributed by atoms with Crippen molar-refractivity contribution >= 4 is 40.8 Å². The monoisotopic (exact) mass is 377 g/mol. The molecule has 0 radical (unpaired) electrons. The van der Waals surface area contributed by atoms with Crippen LogP contribution < -0.4 is 4.90 Å². The lowest BCUT2D eigenvalue weighted by Crippen LogP contribution is -2.38. The van der Waals surface area contributed by atoms with E-state index in [9.17, 15) is 9.59 Å². The first-order valence-electron chi connectivity index (χ1n) is 7.96. The normalized spacial score (nSPS) is 15.8. The van der Waals surface area contributed by atoms with Gasteiger partial charge in [0.25, 0.3) is 5.91 Å². The quantitative estimate of drug-likeness (QED) is 0.754. The second-order valence-corrected chi connectivity index (χ2v) is 6.80. The third-order valence-electron chi connectivity index (χ3n) is 4.22. The Balaban J connectivity index is 1.62. The highest BCUT2D eigenvalue weighted by atomic mass is 35.5. The fourth-order valence-corrected chi connectivity index (χ4v) is 3.59. The van der Waals surface area contributed by atoms with Gasteiger partial charge in [0.1, 0.15) is 0 Å². The van der Waals surface area contributed by atoms with E-state index in [1.807, 2.05) is 31.2 Å². The largest absolute Gasteiger partial charge is 0.455 e. The standard InChI is InChI=1S/C19H17Cl2NO3/c1-12-9-13-5-2-3-8-17(13)22(12)18(23)11-25-19(24)10-14-15(20)6-4-7-16(14)21/h2-8,12H,9-11H2,1H3. The lowest BCUT2D eigenvalue weighted by atomic mass is 10.1. The second-order valence-electron chi connectivity index (χ2n) is 5.98. The molecule has 0 N–H and O–H groups in total. The average Bonchev–Trinajstić information content (AvgIpc) is 2.92. The van der Waals surface area contributed by atoms with E-state index in [1.54, 1.807) is 23.1 Å². The van der Waals surface area contributed by atoms with Gasteiger partial charge in [-0.05, 0) is 37.1 Å². The highest BCUT2D eigenvalue weighted by Gasteiger charge is 2.31. The maximum atomic E-state index is 12.5. The number of rotatable bonds is 4. The Hall–Kier alpha value is -2.04. The first-order chi connectivity index (χ1) is 12.0. The maximum Gasteiger partial charge on any atom is 0.310 e. The summed E-state index contributed by atoms with van der Waals surface area (Å²) in [5.41, 5.74) is 2.51. The smallest absolute Gasteiger partial charge is 0.310 e. The summed E-state index contributed by atoms with van der Waals surface area (Å²) in [6.45, 7) is 1.67. The van der Waals surface area contributed by atoms with E-state index in [2.05, 4.69) is 0 Å². The molecule has 0 spiro atoms. The molecule has 2 aromatic carbocycles. The Morgan fingerprint density at radius 2 is 1.80 bits per heavy atom. The van der Waals surface area contributed by atoms with Gasteiger partial charge in [-0.1, -0.05) is 47.5 Å². The molecule has 3 rings (SSSR count). The van der Waals surface area contributed by atoms with Gasteiger partial charge in [0, 0.05) is 27.3 Å². The third-order valence-corrected chi connectivity index (χ3v) is 4.92. The minimum atomic E-state index is -0.538. The van der Waals surface area contributed by atoms with E-state index in [0.717, 1.165) is 17.7 Å². The molecule has 0 saturated carbocycles. The number of fused-ring (bicyclic) bond motifs is 1. The number of para-hydroxylation sites is 1. The molecule has 4 nitrogen and oxygen atoms in total. The molecule has 0 aliphatic carbocycles. The van der Waals surface area contributed by atoms with Gasteiger partial charge < -0.3 is 9.64 Å². The van der Waals surface area contributed by atoms with Gasteiger partial charge in [-0.25, -0.2) is 0 Å². The predicted octanol–water partition coefficient (Wildman–Crippen LogP) is 4.06. The maximum absolute atomic E-state index is 12.5. The summed E-state index contributed by atoms with van der Waals surface area (Å²) >= 11 is 12.1. The molecule has 1 unspecified atom stereocenters. The Morgan fingerprint density at radius 3 is 2.52 bits per heavy atom. The van der Waals surface area contributed by atoms with Crippen LogP contribution in [0, 0.1) is 0 Å². The molecule has 0 fully saturated rings. The van der Waals surface area contributed by atoms with Crippen LogP contribution in [0.5, 0.6) is 0 Å². The zero-order valence-electron chi connectivity index (χ0n) is 13.7. The van der Waals surface area contributed by atoms with Gasteiger partial charge in [-0.3, -0.25) is 9.59 Å². The van der Waals surface area contributed by atoms with Crippen LogP contribution in [-0.2, 0) is 27.2 Å². The highest BCUT2D eigenvalue weighted by molar-refractivity contribution is 6.36. The van der Waals surface area contributed by atoms with E-state index in [-0.39, 0.29) is 25.0 Å². The molecular weight excluding hydrogens is 361 g/mol. The lowest BCUT2D eigenvalue weighted by molar-refractivity contribution is -0.147. The lowest BCUT2D eigenvalue weighted by Gasteiger charge is -2.22. The van der Waals surface area contributed by atoms with Crippen LogP contribution in [-0.4, -0.2) is 24.5 Å². The van der Waals surface area contributed by atoms with Crippen molar-refractivity contribution in [2.75, 3.05) is 11.5 Å². The second kappa shape index (κ2) is 7.46. The molecule has 130 valence electrons. The zero-order valence-corrected chi connectivity index (χ0v) is 15.2. The summed E-state index contributed by atoms with van der Waals surface area (Å²) in [5.74, 6) is -0.778. The predicted molar refractivity (Wildman–Crippen MR) is 98.2 cm³/mol. The van der Waals surface area contributed by atoms with Crippen molar-refractivity contribution in [1.82, 2.24) is 0 Å². The summed E-state index contributed by atoms with van der Waals surface area (Å²) in [6, 6.07) is 12.8. The fourth-order valence-electron chi connectivity index (χ4n) is 3.05.